The van der Waals surface area contributed by atoms with Crippen LogP contribution in [0.3, 0.4) is 0 Å². The first kappa shape index (κ1) is 29.7. The summed E-state index contributed by atoms with van der Waals surface area (Å²) in [6, 6.07) is 0. The molecule has 3 nitrogen and oxygen atoms in total. The third-order valence-corrected chi connectivity index (χ3v) is 3.68. The predicted molar refractivity (Wildman–Crippen MR) is 120 cm³/mol. The molecule has 0 spiro atoms. The summed E-state index contributed by atoms with van der Waals surface area (Å²) in [4.78, 5) is 10.5. The van der Waals surface area contributed by atoms with Gasteiger partial charge in [-0.1, -0.05) is 76.5 Å². The van der Waals surface area contributed by atoms with Crippen molar-refractivity contribution in [2.24, 2.45) is 5.73 Å². The highest BCUT2D eigenvalue weighted by Crippen LogP contribution is 2.09. The van der Waals surface area contributed by atoms with E-state index < -0.39 is 0 Å². The Kier molecular flexibility index (Phi) is 36.1. The van der Waals surface area contributed by atoms with Gasteiger partial charge in [0.2, 0.25) is 5.91 Å². The number of allylic oxidation sites excluding steroid dienone is 3. The number of hydrogen-bond donors (Lipinski definition) is 2. The minimum atomic E-state index is -0.164. The standard InChI is InChI=1S/C18H35NO.C3H6.C2H7N/c1-2-3-4-5-6-7-8-9-10-11-12-13-14-15-16-17-18(19)20;2*1-3-2/h9-10H,2-8,11-17H2,1H3,(H2,19,20);3H,1H2,2H3;3H,1-2H3/b10-9-;;. The van der Waals surface area contributed by atoms with E-state index in [4.69, 9.17) is 5.73 Å². The van der Waals surface area contributed by atoms with E-state index in [-0.39, 0.29) is 5.91 Å². The molecule has 0 rings (SSSR count). The van der Waals surface area contributed by atoms with Crippen LogP contribution >= 0.6 is 0 Å². The lowest BCUT2D eigenvalue weighted by molar-refractivity contribution is -0.118. The molecule has 0 radical (unpaired) electrons. The van der Waals surface area contributed by atoms with Gasteiger partial charge in [0, 0.05) is 6.42 Å². The molecule has 0 atom stereocenters. The van der Waals surface area contributed by atoms with Gasteiger partial charge in [-0.2, -0.15) is 0 Å². The molecule has 0 aliphatic heterocycles. The van der Waals surface area contributed by atoms with Gasteiger partial charge < -0.3 is 11.1 Å². The van der Waals surface area contributed by atoms with Crippen LogP contribution in [-0.4, -0.2) is 20.0 Å². The zero-order valence-corrected chi connectivity index (χ0v) is 18.3. The number of nitrogens with two attached hydrogens (primary N) is 1. The third-order valence-electron chi connectivity index (χ3n) is 3.68. The summed E-state index contributed by atoms with van der Waals surface area (Å²) in [5, 5.41) is 2.75. The van der Waals surface area contributed by atoms with Gasteiger partial charge in [-0.15, -0.1) is 6.58 Å². The van der Waals surface area contributed by atoms with E-state index in [1.807, 2.05) is 21.0 Å². The van der Waals surface area contributed by atoms with Crippen LogP contribution in [0.25, 0.3) is 0 Å². The summed E-state index contributed by atoms with van der Waals surface area (Å²) in [6.45, 7) is 7.51. The number of primary amides is 1. The van der Waals surface area contributed by atoms with Gasteiger partial charge in [0.15, 0.2) is 0 Å². The average Bonchev–Trinajstić information content (AvgIpc) is 2.59. The molecule has 0 aliphatic rings. The smallest absolute Gasteiger partial charge is 0.217 e. The maximum absolute atomic E-state index is 10.5. The van der Waals surface area contributed by atoms with Crippen LogP contribution in [0.2, 0.25) is 0 Å². The second-order valence-electron chi connectivity index (χ2n) is 6.71. The minimum Gasteiger partial charge on any atom is -0.370 e. The van der Waals surface area contributed by atoms with E-state index in [2.05, 4.69) is 31.0 Å². The summed E-state index contributed by atoms with van der Waals surface area (Å²) in [6.07, 6.45) is 23.7. The summed E-state index contributed by atoms with van der Waals surface area (Å²) in [7, 11) is 3.75. The van der Waals surface area contributed by atoms with Crippen molar-refractivity contribution in [2.45, 2.75) is 104 Å². The second-order valence-corrected chi connectivity index (χ2v) is 6.71. The second kappa shape index (κ2) is 31.7. The van der Waals surface area contributed by atoms with Crippen LogP contribution < -0.4 is 11.1 Å². The molecule has 0 bridgehead atoms. The number of carbonyl (C=O) groups is 1. The normalized spacial score (nSPS) is 9.85. The Morgan fingerprint density at radius 3 is 1.58 bits per heavy atom. The maximum Gasteiger partial charge on any atom is 0.217 e. The largest absolute Gasteiger partial charge is 0.370 e. The Hall–Kier alpha value is -1.09. The molecule has 3 N–H and O–H groups in total. The molecule has 0 aliphatic carbocycles. The molecule has 26 heavy (non-hydrogen) atoms. The van der Waals surface area contributed by atoms with E-state index in [0.717, 1.165) is 12.8 Å². The Balaban J connectivity index is -0.000000768. The quantitative estimate of drug-likeness (QED) is 0.255. The lowest BCUT2D eigenvalue weighted by atomic mass is 10.1. The van der Waals surface area contributed by atoms with E-state index in [0.29, 0.717) is 6.42 Å². The van der Waals surface area contributed by atoms with Gasteiger partial charge >= 0.3 is 0 Å². The SMILES string of the molecule is C=CC.CCCCCCCC/C=C\CCCCCCCC(N)=O.CNC. The number of carbonyl (C=O) groups excluding carboxylic acids is 1. The number of amides is 1. The number of nitrogens with one attached hydrogen (secondary N) is 1. The first-order valence-electron chi connectivity index (χ1n) is 10.7. The fraction of sp³-hybridized carbons (Fsp3) is 0.783. The molecule has 0 fully saturated rings. The van der Waals surface area contributed by atoms with E-state index in [9.17, 15) is 4.79 Å². The lowest BCUT2D eigenvalue weighted by Crippen LogP contribution is -2.09. The fourth-order valence-corrected chi connectivity index (χ4v) is 2.37. The van der Waals surface area contributed by atoms with Crippen LogP contribution in [0.1, 0.15) is 104 Å². The summed E-state index contributed by atoms with van der Waals surface area (Å²) in [5.41, 5.74) is 5.10. The molecule has 0 aromatic rings. The Morgan fingerprint density at radius 2 is 1.19 bits per heavy atom. The van der Waals surface area contributed by atoms with Gasteiger partial charge in [-0.05, 0) is 53.1 Å². The first-order chi connectivity index (χ1) is 12.6. The van der Waals surface area contributed by atoms with Crippen LogP contribution in [-0.2, 0) is 4.79 Å². The van der Waals surface area contributed by atoms with Gasteiger partial charge in [0.1, 0.15) is 0 Å². The Bertz CT molecular complexity index is 288. The minimum absolute atomic E-state index is 0.164. The first-order valence-corrected chi connectivity index (χ1v) is 10.7. The maximum atomic E-state index is 10.5. The molecule has 156 valence electrons. The Labute approximate surface area is 164 Å². The third kappa shape index (κ3) is 43.4. The molecule has 0 saturated heterocycles. The molecule has 3 heteroatoms. The summed E-state index contributed by atoms with van der Waals surface area (Å²) < 4.78 is 0. The van der Waals surface area contributed by atoms with Crippen molar-refractivity contribution in [2.75, 3.05) is 14.1 Å². The molecule has 0 aromatic heterocycles. The predicted octanol–water partition coefficient (Wildman–Crippen LogP) is 6.54. The van der Waals surface area contributed by atoms with Gasteiger partial charge in [0.05, 0.1) is 0 Å². The summed E-state index contributed by atoms with van der Waals surface area (Å²) in [5.74, 6) is -0.164. The molecule has 0 heterocycles. The number of unbranched alkanes of at least 4 members (excludes halogenated alkanes) is 11. The van der Waals surface area contributed by atoms with E-state index >= 15 is 0 Å². The van der Waals surface area contributed by atoms with Gasteiger partial charge in [0.25, 0.3) is 0 Å². The van der Waals surface area contributed by atoms with Crippen molar-refractivity contribution in [1.82, 2.24) is 5.32 Å². The highest BCUT2D eigenvalue weighted by Gasteiger charge is 1.94. The zero-order valence-electron chi connectivity index (χ0n) is 18.3. The van der Waals surface area contributed by atoms with Crippen molar-refractivity contribution in [3.63, 3.8) is 0 Å². The van der Waals surface area contributed by atoms with Gasteiger partial charge in [-0.25, -0.2) is 0 Å². The van der Waals surface area contributed by atoms with Crippen molar-refractivity contribution in [3.8, 4) is 0 Å². The lowest BCUT2D eigenvalue weighted by Gasteiger charge is -1.99. The topological polar surface area (TPSA) is 55.1 Å². The van der Waals surface area contributed by atoms with E-state index in [1.54, 1.807) is 6.08 Å². The molecule has 0 aromatic carbocycles. The molecule has 1 amide bonds. The number of rotatable bonds is 15. The van der Waals surface area contributed by atoms with Crippen LogP contribution in [0.4, 0.5) is 0 Å². The van der Waals surface area contributed by atoms with E-state index in [1.165, 1.54) is 70.6 Å². The van der Waals surface area contributed by atoms with Crippen molar-refractivity contribution >= 4 is 5.91 Å². The Morgan fingerprint density at radius 1 is 0.846 bits per heavy atom. The van der Waals surface area contributed by atoms with Crippen molar-refractivity contribution in [1.29, 1.82) is 0 Å². The van der Waals surface area contributed by atoms with Crippen LogP contribution in [0, 0.1) is 0 Å². The molecule has 0 unspecified atom stereocenters. The van der Waals surface area contributed by atoms with Crippen LogP contribution in [0.5, 0.6) is 0 Å². The fourth-order valence-electron chi connectivity index (χ4n) is 2.37. The monoisotopic (exact) mass is 368 g/mol. The van der Waals surface area contributed by atoms with Crippen LogP contribution in [0.15, 0.2) is 24.8 Å². The average molecular weight is 369 g/mol. The highest BCUT2D eigenvalue weighted by atomic mass is 16.1. The molecular weight excluding hydrogens is 320 g/mol. The highest BCUT2D eigenvalue weighted by molar-refractivity contribution is 5.73. The van der Waals surface area contributed by atoms with Gasteiger partial charge in [-0.3, -0.25) is 4.79 Å². The zero-order chi connectivity index (χ0) is 20.3. The molecule has 0 saturated carbocycles. The molecular formula is C23H48N2O. The summed E-state index contributed by atoms with van der Waals surface area (Å²) >= 11 is 0. The van der Waals surface area contributed by atoms with Crippen molar-refractivity contribution < 1.29 is 4.79 Å². The number of hydrogen-bond acceptors (Lipinski definition) is 2. The van der Waals surface area contributed by atoms with Crippen molar-refractivity contribution in [3.05, 3.63) is 24.8 Å².